The third-order valence-corrected chi connectivity index (χ3v) is 5.28. The lowest BCUT2D eigenvalue weighted by molar-refractivity contribution is -0.156. The molecule has 0 saturated heterocycles. The van der Waals surface area contributed by atoms with Gasteiger partial charge in [-0.3, -0.25) is 0 Å². The molecule has 3 unspecified atom stereocenters. The monoisotopic (exact) mass is 253 g/mol. The highest BCUT2D eigenvalue weighted by Gasteiger charge is 2.54. The van der Waals surface area contributed by atoms with Gasteiger partial charge in [-0.25, -0.2) is 0 Å². The molecule has 0 aromatic heterocycles. The zero-order valence-electron chi connectivity index (χ0n) is 12.5. The van der Waals surface area contributed by atoms with Crippen molar-refractivity contribution < 1.29 is 4.74 Å². The second-order valence-corrected chi connectivity index (χ2v) is 6.59. The standard InChI is InChI=1S/C16H31NO/c1-4-8-13(2)12-18-15-11-14(17-3)16(15)9-6-5-7-10-16/h13-15,17H,4-12H2,1-3H3. The van der Waals surface area contributed by atoms with E-state index in [0.29, 0.717) is 17.6 Å². The Labute approximate surface area is 113 Å². The predicted molar refractivity (Wildman–Crippen MR) is 76.8 cm³/mol. The third-order valence-electron chi connectivity index (χ3n) is 5.28. The molecule has 2 aliphatic carbocycles. The van der Waals surface area contributed by atoms with Crippen LogP contribution in [0.2, 0.25) is 0 Å². The van der Waals surface area contributed by atoms with Crippen molar-refractivity contribution in [2.75, 3.05) is 13.7 Å². The van der Waals surface area contributed by atoms with Crippen molar-refractivity contribution in [3.05, 3.63) is 0 Å². The second-order valence-electron chi connectivity index (χ2n) is 6.59. The fraction of sp³-hybridized carbons (Fsp3) is 1.00. The summed E-state index contributed by atoms with van der Waals surface area (Å²) in [7, 11) is 2.12. The van der Waals surface area contributed by atoms with E-state index >= 15 is 0 Å². The molecule has 2 nitrogen and oxygen atoms in total. The Morgan fingerprint density at radius 3 is 2.61 bits per heavy atom. The van der Waals surface area contributed by atoms with E-state index in [2.05, 4.69) is 26.2 Å². The SMILES string of the molecule is CCCC(C)COC1CC(NC)C12CCCCC2. The van der Waals surface area contributed by atoms with E-state index < -0.39 is 0 Å². The van der Waals surface area contributed by atoms with Gasteiger partial charge in [-0.2, -0.15) is 0 Å². The third kappa shape index (κ3) is 2.75. The van der Waals surface area contributed by atoms with E-state index in [1.807, 2.05) is 0 Å². The van der Waals surface area contributed by atoms with Crippen LogP contribution in [0.4, 0.5) is 0 Å². The first-order valence-electron chi connectivity index (χ1n) is 8.01. The van der Waals surface area contributed by atoms with Gasteiger partial charge in [0.1, 0.15) is 0 Å². The highest BCUT2D eigenvalue weighted by atomic mass is 16.5. The molecule has 0 aromatic rings. The minimum absolute atomic E-state index is 0.485. The highest BCUT2D eigenvalue weighted by Crippen LogP contribution is 2.53. The Morgan fingerprint density at radius 1 is 1.28 bits per heavy atom. The molecular formula is C16H31NO. The average Bonchev–Trinajstić information content (AvgIpc) is 2.39. The molecule has 0 radical (unpaired) electrons. The lowest BCUT2D eigenvalue weighted by Gasteiger charge is -2.57. The maximum absolute atomic E-state index is 6.28. The topological polar surface area (TPSA) is 21.3 Å². The van der Waals surface area contributed by atoms with Crippen LogP contribution in [0.1, 0.15) is 65.2 Å². The van der Waals surface area contributed by atoms with Gasteiger partial charge in [0, 0.05) is 18.1 Å². The van der Waals surface area contributed by atoms with Gasteiger partial charge in [0.25, 0.3) is 0 Å². The Kier molecular flexibility index (Phi) is 5.08. The first-order chi connectivity index (χ1) is 8.73. The summed E-state index contributed by atoms with van der Waals surface area (Å²) in [6.45, 7) is 5.56. The fourth-order valence-electron chi connectivity index (χ4n) is 4.12. The smallest absolute Gasteiger partial charge is 0.0661 e. The molecule has 1 spiro atoms. The van der Waals surface area contributed by atoms with E-state index in [-0.39, 0.29) is 0 Å². The van der Waals surface area contributed by atoms with Crippen molar-refractivity contribution in [1.82, 2.24) is 5.32 Å². The van der Waals surface area contributed by atoms with Crippen molar-refractivity contribution in [2.45, 2.75) is 77.4 Å². The number of rotatable bonds is 6. The number of ether oxygens (including phenoxy) is 1. The molecule has 2 rings (SSSR count). The molecule has 18 heavy (non-hydrogen) atoms. The molecule has 0 amide bonds. The van der Waals surface area contributed by atoms with Crippen LogP contribution in [0, 0.1) is 11.3 Å². The van der Waals surface area contributed by atoms with Gasteiger partial charge >= 0.3 is 0 Å². The molecule has 3 atom stereocenters. The van der Waals surface area contributed by atoms with Crippen molar-refractivity contribution in [1.29, 1.82) is 0 Å². The van der Waals surface area contributed by atoms with Crippen molar-refractivity contribution in [3.63, 3.8) is 0 Å². The van der Waals surface area contributed by atoms with Gasteiger partial charge in [-0.05, 0) is 38.6 Å². The van der Waals surface area contributed by atoms with E-state index in [1.165, 1.54) is 51.4 Å². The van der Waals surface area contributed by atoms with Crippen molar-refractivity contribution in [3.8, 4) is 0 Å². The minimum Gasteiger partial charge on any atom is -0.377 e. The van der Waals surface area contributed by atoms with E-state index in [1.54, 1.807) is 0 Å². The van der Waals surface area contributed by atoms with Crippen LogP contribution in [0.3, 0.4) is 0 Å². The normalized spacial score (nSPS) is 32.2. The highest BCUT2D eigenvalue weighted by molar-refractivity contribution is 5.08. The Hall–Kier alpha value is -0.0800. The van der Waals surface area contributed by atoms with Crippen LogP contribution < -0.4 is 5.32 Å². The van der Waals surface area contributed by atoms with Gasteiger partial charge in [-0.1, -0.05) is 39.5 Å². The van der Waals surface area contributed by atoms with E-state index in [0.717, 1.165) is 12.5 Å². The lowest BCUT2D eigenvalue weighted by atomic mass is 9.55. The van der Waals surface area contributed by atoms with Gasteiger partial charge in [-0.15, -0.1) is 0 Å². The average molecular weight is 253 g/mol. The quantitative estimate of drug-likeness (QED) is 0.778. The van der Waals surface area contributed by atoms with E-state index in [9.17, 15) is 0 Å². The summed E-state index contributed by atoms with van der Waals surface area (Å²) in [5.74, 6) is 0.726. The van der Waals surface area contributed by atoms with Crippen LogP contribution >= 0.6 is 0 Å². The summed E-state index contributed by atoms with van der Waals surface area (Å²) < 4.78 is 6.28. The van der Waals surface area contributed by atoms with Crippen LogP contribution in [0.5, 0.6) is 0 Å². The molecule has 0 aromatic carbocycles. The van der Waals surface area contributed by atoms with Crippen LogP contribution in [0.15, 0.2) is 0 Å². The molecule has 2 fully saturated rings. The molecule has 106 valence electrons. The zero-order valence-corrected chi connectivity index (χ0v) is 12.5. The number of hydrogen-bond acceptors (Lipinski definition) is 2. The Balaban J connectivity index is 1.85. The molecule has 0 aliphatic heterocycles. The molecule has 1 N–H and O–H groups in total. The lowest BCUT2D eigenvalue weighted by Crippen LogP contribution is -2.63. The molecular weight excluding hydrogens is 222 g/mol. The van der Waals surface area contributed by atoms with E-state index in [4.69, 9.17) is 4.74 Å². The Bertz CT molecular complexity index is 247. The summed E-state index contributed by atoms with van der Waals surface area (Å²) >= 11 is 0. The van der Waals surface area contributed by atoms with Crippen LogP contribution in [-0.2, 0) is 4.74 Å². The molecule has 0 heterocycles. The largest absolute Gasteiger partial charge is 0.377 e. The summed E-state index contributed by atoms with van der Waals surface area (Å²) in [6, 6.07) is 0.712. The molecule has 2 saturated carbocycles. The van der Waals surface area contributed by atoms with Gasteiger partial charge in [0.05, 0.1) is 6.10 Å². The maximum Gasteiger partial charge on any atom is 0.0661 e. The summed E-state index contributed by atoms with van der Waals surface area (Å²) in [4.78, 5) is 0. The summed E-state index contributed by atoms with van der Waals surface area (Å²) in [5.41, 5.74) is 0.485. The minimum atomic E-state index is 0.485. The maximum atomic E-state index is 6.28. The van der Waals surface area contributed by atoms with Gasteiger partial charge in [0.15, 0.2) is 0 Å². The fourth-order valence-corrected chi connectivity index (χ4v) is 4.12. The first-order valence-corrected chi connectivity index (χ1v) is 8.01. The van der Waals surface area contributed by atoms with Crippen molar-refractivity contribution >= 4 is 0 Å². The molecule has 2 heteroatoms. The van der Waals surface area contributed by atoms with Crippen LogP contribution in [-0.4, -0.2) is 25.8 Å². The predicted octanol–water partition coefficient (Wildman–Crippen LogP) is 3.75. The molecule has 0 bridgehead atoms. The zero-order chi connectivity index (χ0) is 13.0. The first kappa shape index (κ1) is 14.3. The number of hydrogen-bond donors (Lipinski definition) is 1. The van der Waals surface area contributed by atoms with Gasteiger partial charge in [0.2, 0.25) is 0 Å². The Morgan fingerprint density at radius 2 is 2.00 bits per heavy atom. The van der Waals surface area contributed by atoms with Gasteiger partial charge < -0.3 is 10.1 Å². The van der Waals surface area contributed by atoms with Crippen LogP contribution in [0.25, 0.3) is 0 Å². The summed E-state index contributed by atoms with van der Waals surface area (Å²) in [5, 5.41) is 3.52. The summed E-state index contributed by atoms with van der Waals surface area (Å²) in [6.07, 6.45) is 11.3. The second kappa shape index (κ2) is 6.38. The van der Waals surface area contributed by atoms with Crippen molar-refractivity contribution in [2.24, 2.45) is 11.3 Å². The number of nitrogens with one attached hydrogen (secondary N) is 1. The molecule has 2 aliphatic rings.